The second-order valence-electron chi connectivity index (χ2n) is 8.69. The summed E-state index contributed by atoms with van der Waals surface area (Å²) in [4.78, 5) is 48.5. The van der Waals surface area contributed by atoms with Crippen LogP contribution in [0, 0.1) is 5.82 Å². The van der Waals surface area contributed by atoms with Crippen molar-refractivity contribution in [1.82, 2.24) is 14.9 Å². The lowest BCUT2D eigenvalue weighted by Gasteiger charge is -2.35. The Bertz CT molecular complexity index is 1280. The molecule has 0 N–H and O–H groups in total. The number of hydrogen-bond acceptors (Lipinski definition) is 5. The molecule has 1 aliphatic heterocycles. The fraction of sp³-hybridized carbons (Fsp3) is 0.269. The quantitative estimate of drug-likeness (QED) is 0.264. The van der Waals surface area contributed by atoms with Gasteiger partial charge in [-0.1, -0.05) is 18.6 Å². The molecule has 1 aromatic carbocycles. The summed E-state index contributed by atoms with van der Waals surface area (Å²) < 4.78 is 13.5. The van der Waals surface area contributed by atoms with Gasteiger partial charge in [0.15, 0.2) is 11.6 Å². The lowest BCUT2D eigenvalue weighted by atomic mass is 9.79. The predicted molar refractivity (Wildman–Crippen MR) is 126 cm³/mol. The van der Waals surface area contributed by atoms with Crippen molar-refractivity contribution in [3.8, 4) is 0 Å². The van der Waals surface area contributed by atoms with Gasteiger partial charge in [0.1, 0.15) is 10.3 Å². The van der Waals surface area contributed by atoms with Crippen LogP contribution in [-0.4, -0.2) is 38.5 Å². The molecule has 3 aromatic rings. The Hall–Kier alpha value is -3.26. The number of fused-ring (bicyclic) bond motifs is 1. The minimum atomic E-state index is -0.528. The fourth-order valence-electron chi connectivity index (χ4n) is 5.04. The first-order valence-corrected chi connectivity index (χ1v) is 12.0. The molecular weight excluding hydrogens is 501 g/mol. The largest absolute Gasteiger partial charge is 0.292 e. The van der Waals surface area contributed by atoms with Crippen LogP contribution in [0.1, 0.15) is 73.9 Å². The molecule has 1 saturated carbocycles. The van der Waals surface area contributed by atoms with E-state index in [1.165, 1.54) is 17.0 Å². The molecule has 0 saturated heterocycles. The van der Waals surface area contributed by atoms with Crippen molar-refractivity contribution in [3.63, 3.8) is 0 Å². The van der Waals surface area contributed by atoms with E-state index in [-0.39, 0.29) is 46.3 Å². The molecule has 8 heteroatoms. The number of benzene rings is 1. The number of rotatable bonds is 5. The minimum absolute atomic E-state index is 0.000765. The molecule has 3 heterocycles. The molecule has 1 fully saturated rings. The van der Waals surface area contributed by atoms with Crippen LogP contribution in [0.5, 0.6) is 0 Å². The molecule has 2 amide bonds. The Balaban J connectivity index is 1.37. The molecule has 2 atom stereocenters. The van der Waals surface area contributed by atoms with Crippen LogP contribution in [0.25, 0.3) is 0 Å². The standard InChI is InChI=1S/C26H21BrFN3O3/c27-24-21(28)8-9-22(30-24)23(32)13-16-14-29-11-10-18(16)15-4-3-5-17(12-15)31-25(33)19-6-1-2-7-20(19)26(31)34/h1-2,6-11,14-15,17H,3-5,12-13H2/t15?,17-/m0/s1. The summed E-state index contributed by atoms with van der Waals surface area (Å²) in [6.45, 7) is 0. The van der Waals surface area contributed by atoms with Crippen LogP contribution in [-0.2, 0) is 6.42 Å². The molecular formula is C26H21BrFN3O3. The Morgan fingerprint density at radius 3 is 2.50 bits per heavy atom. The van der Waals surface area contributed by atoms with E-state index in [0.717, 1.165) is 30.4 Å². The third kappa shape index (κ3) is 4.07. The van der Waals surface area contributed by atoms with Gasteiger partial charge in [0.05, 0.1) is 11.1 Å². The number of halogens is 2. The maximum atomic E-state index is 13.5. The van der Waals surface area contributed by atoms with Gasteiger partial charge in [0.25, 0.3) is 11.8 Å². The summed E-state index contributed by atoms with van der Waals surface area (Å²) >= 11 is 3.03. The first-order chi connectivity index (χ1) is 16.4. The number of Topliss-reactive ketones (excluding diaryl/α,β-unsaturated/α-hetero) is 1. The zero-order valence-corrected chi connectivity index (χ0v) is 19.8. The Morgan fingerprint density at radius 1 is 1.06 bits per heavy atom. The highest BCUT2D eigenvalue weighted by Crippen LogP contribution is 2.39. The second kappa shape index (κ2) is 9.18. The maximum Gasteiger partial charge on any atom is 0.261 e. The van der Waals surface area contributed by atoms with Crippen molar-refractivity contribution in [1.29, 1.82) is 0 Å². The van der Waals surface area contributed by atoms with Crippen molar-refractivity contribution < 1.29 is 18.8 Å². The Labute approximate surface area is 204 Å². The van der Waals surface area contributed by atoms with Crippen LogP contribution in [0.4, 0.5) is 4.39 Å². The Morgan fingerprint density at radius 2 is 1.79 bits per heavy atom. The van der Waals surface area contributed by atoms with Crippen LogP contribution in [0.3, 0.4) is 0 Å². The minimum Gasteiger partial charge on any atom is -0.292 e. The van der Waals surface area contributed by atoms with Crippen molar-refractivity contribution in [2.24, 2.45) is 0 Å². The molecule has 0 bridgehead atoms. The van der Waals surface area contributed by atoms with Crippen molar-refractivity contribution >= 4 is 33.5 Å². The van der Waals surface area contributed by atoms with Crippen LogP contribution < -0.4 is 0 Å². The second-order valence-corrected chi connectivity index (χ2v) is 9.44. The lowest BCUT2D eigenvalue weighted by molar-refractivity contribution is 0.0539. The van der Waals surface area contributed by atoms with Crippen LogP contribution >= 0.6 is 15.9 Å². The van der Waals surface area contributed by atoms with Crippen molar-refractivity contribution in [2.45, 2.75) is 44.1 Å². The third-order valence-corrected chi connectivity index (χ3v) is 7.21. The number of aromatic nitrogens is 2. The fourth-order valence-corrected chi connectivity index (χ4v) is 5.36. The number of pyridine rings is 2. The molecule has 0 radical (unpaired) electrons. The van der Waals surface area contributed by atoms with Gasteiger partial charge in [-0.05, 0) is 82.6 Å². The van der Waals surface area contributed by atoms with E-state index < -0.39 is 5.82 Å². The van der Waals surface area contributed by atoms with Gasteiger partial charge in [0.2, 0.25) is 0 Å². The number of amides is 2. The zero-order valence-electron chi connectivity index (χ0n) is 18.2. The van der Waals surface area contributed by atoms with Gasteiger partial charge in [-0.25, -0.2) is 9.37 Å². The van der Waals surface area contributed by atoms with E-state index in [0.29, 0.717) is 17.5 Å². The molecule has 0 spiro atoms. The number of hydrogen-bond donors (Lipinski definition) is 0. The topological polar surface area (TPSA) is 80.2 Å². The average Bonchev–Trinajstić information content (AvgIpc) is 3.11. The maximum absolute atomic E-state index is 13.5. The summed E-state index contributed by atoms with van der Waals surface area (Å²) in [5.74, 6) is -1.14. The molecule has 5 rings (SSSR count). The first-order valence-electron chi connectivity index (χ1n) is 11.2. The molecule has 34 heavy (non-hydrogen) atoms. The molecule has 6 nitrogen and oxygen atoms in total. The van der Waals surface area contributed by atoms with Gasteiger partial charge in [-0.3, -0.25) is 24.3 Å². The summed E-state index contributed by atoms with van der Waals surface area (Å²) in [6.07, 6.45) is 6.61. The van der Waals surface area contributed by atoms with Gasteiger partial charge in [0, 0.05) is 24.9 Å². The monoisotopic (exact) mass is 521 g/mol. The lowest BCUT2D eigenvalue weighted by Crippen LogP contribution is -2.42. The zero-order chi connectivity index (χ0) is 23.8. The van der Waals surface area contributed by atoms with Gasteiger partial charge in [-0.15, -0.1) is 0 Å². The summed E-state index contributed by atoms with van der Waals surface area (Å²) in [5, 5.41) is 0. The predicted octanol–water partition coefficient (Wildman–Crippen LogP) is 5.13. The Kier molecular flexibility index (Phi) is 6.08. The van der Waals surface area contributed by atoms with E-state index in [1.807, 2.05) is 6.07 Å². The van der Waals surface area contributed by atoms with E-state index >= 15 is 0 Å². The molecule has 2 aliphatic rings. The number of nitrogens with zero attached hydrogens (tertiary/aromatic N) is 3. The van der Waals surface area contributed by atoms with E-state index in [1.54, 1.807) is 36.7 Å². The summed E-state index contributed by atoms with van der Waals surface area (Å²) in [5.41, 5.74) is 2.87. The smallest absolute Gasteiger partial charge is 0.261 e. The molecule has 2 aromatic heterocycles. The molecule has 1 unspecified atom stereocenters. The van der Waals surface area contributed by atoms with E-state index in [4.69, 9.17) is 0 Å². The number of ketones is 1. The van der Waals surface area contributed by atoms with Gasteiger partial charge < -0.3 is 0 Å². The third-order valence-electron chi connectivity index (χ3n) is 6.66. The highest BCUT2D eigenvalue weighted by atomic mass is 79.9. The normalized spacial score (nSPS) is 19.9. The number of imide groups is 1. The highest BCUT2D eigenvalue weighted by Gasteiger charge is 2.41. The molecule has 1 aliphatic carbocycles. The summed E-state index contributed by atoms with van der Waals surface area (Å²) in [7, 11) is 0. The molecule has 172 valence electrons. The van der Waals surface area contributed by atoms with Crippen LogP contribution in [0.2, 0.25) is 0 Å². The van der Waals surface area contributed by atoms with Crippen LogP contribution in [0.15, 0.2) is 59.5 Å². The van der Waals surface area contributed by atoms with E-state index in [9.17, 15) is 18.8 Å². The number of carbonyl (C=O) groups is 3. The highest BCUT2D eigenvalue weighted by molar-refractivity contribution is 9.10. The first kappa shape index (κ1) is 22.5. The number of carbonyl (C=O) groups excluding carboxylic acids is 3. The average molecular weight is 522 g/mol. The van der Waals surface area contributed by atoms with Gasteiger partial charge >= 0.3 is 0 Å². The van der Waals surface area contributed by atoms with Crippen molar-refractivity contribution in [3.05, 3.63) is 93.2 Å². The SMILES string of the molecule is O=C(Cc1cnccc1C1CCC[C@H](N2C(=O)c3ccccc3C2=O)C1)c1ccc(F)c(Br)n1. The summed E-state index contributed by atoms with van der Waals surface area (Å²) in [6, 6.07) is 11.2. The van der Waals surface area contributed by atoms with Gasteiger partial charge in [-0.2, -0.15) is 0 Å². The van der Waals surface area contributed by atoms with E-state index in [2.05, 4.69) is 25.9 Å². The van der Waals surface area contributed by atoms with Crippen molar-refractivity contribution in [2.75, 3.05) is 0 Å².